The lowest BCUT2D eigenvalue weighted by molar-refractivity contribution is -0.129. The number of nitrogens with zero attached hydrogens (tertiary/aromatic N) is 3. The third kappa shape index (κ3) is 4.57. The Morgan fingerprint density at radius 1 is 1.18 bits per heavy atom. The van der Waals surface area contributed by atoms with Crippen LogP contribution in [0.1, 0.15) is 11.1 Å². The second-order valence-electron chi connectivity index (χ2n) is 5.28. The van der Waals surface area contributed by atoms with Crippen LogP contribution in [-0.2, 0) is 16.0 Å². The Kier molecular flexibility index (Phi) is 5.50. The Morgan fingerprint density at radius 3 is 2.36 bits per heavy atom. The molecule has 0 aromatic heterocycles. The smallest absolute Gasteiger partial charge is 0.231 e. The van der Waals surface area contributed by atoms with E-state index in [0.29, 0.717) is 38.2 Å². The molecule has 0 atom stereocenters. The molecule has 1 heterocycles. The summed E-state index contributed by atoms with van der Waals surface area (Å²) in [5, 5.41) is 8.74. The van der Waals surface area contributed by atoms with Crippen LogP contribution in [0.3, 0.4) is 0 Å². The van der Waals surface area contributed by atoms with Crippen molar-refractivity contribution in [3.63, 3.8) is 0 Å². The minimum absolute atomic E-state index is 0.00286. The Hall–Kier alpha value is -2.39. The first kappa shape index (κ1) is 16.0. The summed E-state index contributed by atoms with van der Waals surface area (Å²) in [4.78, 5) is 26.7. The summed E-state index contributed by atoms with van der Waals surface area (Å²) in [5.41, 5.74) is 6.77. The van der Waals surface area contributed by atoms with E-state index < -0.39 is 0 Å². The first-order chi connectivity index (χ1) is 10.6. The summed E-state index contributed by atoms with van der Waals surface area (Å²) < 4.78 is 0. The molecule has 0 aliphatic carbocycles. The van der Waals surface area contributed by atoms with Crippen molar-refractivity contribution in [1.82, 2.24) is 9.80 Å². The van der Waals surface area contributed by atoms with Crippen LogP contribution >= 0.6 is 0 Å². The van der Waals surface area contributed by atoms with E-state index in [4.69, 9.17) is 11.0 Å². The van der Waals surface area contributed by atoms with Gasteiger partial charge in [-0.15, -0.1) is 0 Å². The molecule has 1 radical (unpaired) electrons. The molecule has 1 aromatic carbocycles. The van der Waals surface area contributed by atoms with Gasteiger partial charge in [0.25, 0.3) is 0 Å². The molecule has 115 valence electrons. The fourth-order valence-electron chi connectivity index (χ4n) is 2.40. The summed E-state index contributed by atoms with van der Waals surface area (Å²) in [7, 11) is 0. The van der Waals surface area contributed by atoms with E-state index in [1.54, 1.807) is 23.5 Å². The third-order valence-electron chi connectivity index (χ3n) is 3.66. The van der Waals surface area contributed by atoms with Crippen LogP contribution in [0.4, 0.5) is 0 Å². The number of amides is 2. The highest BCUT2D eigenvalue weighted by atomic mass is 16.2. The number of benzene rings is 1. The lowest BCUT2D eigenvalue weighted by Crippen LogP contribution is -2.50. The molecule has 2 N–H and O–H groups in total. The molecule has 2 rings (SSSR count). The van der Waals surface area contributed by atoms with E-state index in [0.717, 1.165) is 5.56 Å². The summed E-state index contributed by atoms with van der Waals surface area (Å²) >= 11 is 0. The molecular formula is C16H19N4O2. The van der Waals surface area contributed by atoms with Gasteiger partial charge in [0, 0.05) is 26.2 Å². The van der Waals surface area contributed by atoms with Crippen LogP contribution in [0, 0.1) is 17.8 Å². The largest absolute Gasteiger partial charge is 0.369 e. The monoisotopic (exact) mass is 299 g/mol. The van der Waals surface area contributed by atoms with Gasteiger partial charge in [-0.05, 0) is 24.1 Å². The fraction of sp³-hybridized carbons (Fsp3) is 0.375. The molecule has 1 aromatic rings. The van der Waals surface area contributed by atoms with Crippen LogP contribution in [0.15, 0.2) is 24.3 Å². The molecular weight excluding hydrogens is 280 g/mol. The molecule has 0 saturated carbocycles. The lowest BCUT2D eigenvalue weighted by atomic mass is 10.1. The molecule has 1 fully saturated rings. The molecule has 2 amide bonds. The maximum absolute atomic E-state index is 12.1. The maximum atomic E-state index is 12.1. The topological polar surface area (TPSA) is 90.4 Å². The van der Waals surface area contributed by atoms with E-state index >= 15 is 0 Å². The number of hydrogen-bond acceptors (Lipinski definition) is 4. The van der Waals surface area contributed by atoms with Crippen LogP contribution in [0.2, 0.25) is 0 Å². The van der Waals surface area contributed by atoms with Gasteiger partial charge in [0.15, 0.2) is 0 Å². The molecule has 1 aliphatic heterocycles. The van der Waals surface area contributed by atoms with Gasteiger partial charge in [0.1, 0.15) is 0 Å². The summed E-state index contributed by atoms with van der Waals surface area (Å²) in [5.74, 6) is -0.338. The summed E-state index contributed by atoms with van der Waals surface area (Å²) in [6.07, 6.45) is 2.21. The first-order valence-corrected chi connectivity index (χ1v) is 7.20. The summed E-state index contributed by atoms with van der Waals surface area (Å²) in [6.45, 7) is 2.79. The number of piperazine rings is 1. The predicted molar refractivity (Wildman–Crippen MR) is 81.4 cm³/mol. The number of carbonyl (C=O) groups is 2. The minimum atomic E-state index is -0.341. The van der Waals surface area contributed by atoms with Crippen molar-refractivity contribution in [3.8, 4) is 6.07 Å². The first-order valence-electron chi connectivity index (χ1n) is 7.20. The Morgan fingerprint density at radius 2 is 1.82 bits per heavy atom. The van der Waals surface area contributed by atoms with Crippen LogP contribution < -0.4 is 5.73 Å². The normalized spacial score (nSPS) is 15.3. The Balaban J connectivity index is 1.76. The van der Waals surface area contributed by atoms with Crippen LogP contribution in [-0.4, -0.2) is 54.3 Å². The molecule has 0 unspecified atom stereocenters. The van der Waals surface area contributed by atoms with E-state index in [2.05, 4.69) is 6.07 Å². The van der Waals surface area contributed by atoms with Gasteiger partial charge >= 0.3 is 0 Å². The van der Waals surface area contributed by atoms with Crippen molar-refractivity contribution in [2.24, 2.45) is 5.73 Å². The summed E-state index contributed by atoms with van der Waals surface area (Å²) in [6, 6.07) is 9.27. The fourth-order valence-corrected chi connectivity index (χ4v) is 2.40. The van der Waals surface area contributed by atoms with Gasteiger partial charge < -0.3 is 10.6 Å². The minimum Gasteiger partial charge on any atom is -0.369 e. The van der Waals surface area contributed by atoms with E-state index in [-0.39, 0.29) is 18.4 Å². The van der Waals surface area contributed by atoms with Crippen molar-refractivity contribution in [1.29, 1.82) is 5.26 Å². The number of nitriles is 1. The predicted octanol–water partition coefficient (Wildman–Crippen LogP) is -0.0654. The quantitative estimate of drug-likeness (QED) is 0.824. The zero-order chi connectivity index (χ0) is 15.9. The van der Waals surface area contributed by atoms with Gasteiger partial charge in [0.2, 0.25) is 11.8 Å². The molecule has 0 bridgehead atoms. The molecule has 22 heavy (non-hydrogen) atoms. The number of rotatable bonds is 5. The van der Waals surface area contributed by atoms with Gasteiger partial charge in [-0.1, -0.05) is 12.1 Å². The maximum Gasteiger partial charge on any atom is 0.231 e. The third-order valence-corrected chi connectivity index (χ3v) is 3.66. The van der Waals surface area contributed by atoms with Gasteiger partial charge in [0.05, 0.1) is 24.6 Å². The molecule has 6 heteroatoms. The van der Waals surface area contributed by atoms with Gasteiger partial charge in [-0.2, -0.15) is 5.26 Å². The molecule has 1 aliphatic rings. The Bertz CT molecular complexity index is 569. The highest BCUT2D eigenvalue weighted by Crippen LogP contribution is 2.08. The molecule has 6 nitrogen and oxygen atoms in total. The second kappa shape index (κ2) is 7.57. The second-order valence-corrected chi connectivity index (χ2v) is 5.28. The molecule has 1 saturated heterocycles. The number of carbonyl (C=O) groups excluding carboxylic acids is 2. The SMILES string of the molecule is N#Cc1ccc(C[CH]C(=O)N2CCN(CC(N)=O)CC2)cc1. The highest BCUT2D eigenvalue weighted by Gasteiger charge is 2.21. The van der Waals surface area contributed by atoms with E-state index in [9.17, 15) is 9.59 Å². The highest BCUT2D eigenvalue weighted by molar-refractivity contribution is 5.85. The van der Waals surface area contributed by atoms with E-state index in [1.807, 2.05) is 17.0 Å². The van der Waals surface area contributed by atoms with Gasteiger partial charge in [-0.25, -0.2) is 0 Å². The zero-order valence-electron chi connectivity index (χ0n) is 12.4. The van der Waals surface area contributed by atoms with Gasteiger partial charge in [-0.3, -0.25) is 14.5 Å². The van der Waals surface area contributed by atoms with E-state index in [1.165, 1.54) is 0 Å². The average molecular weight is 299 g/mol. The Labute approximate surface area is 130 Å². The number of nitrogens with two attached hydrogens (primary N) is 1. The average Bonchev–Trinajstić information content (AvgIpc) is 2.53. The van der Waals surface area contributed by atoms with Crippen molar-refractivity contribution < 1.29 is 9.59 Å². The van der Waals surface area contributed by atoms with Crippen LogP contribution in [0.25, 0.3) is 0 Å². The number of primary amides is 1. The van der Waals surface area contributed by atoms with Crippen molar-refractivity contribution in [3.05, 3.63) is 41.8 Å². The zero-order valence-corrected chi connectivity index (χ0v) is 12.4. The van der Waals surface area contributed by atoms with Crippen LogP contribution in [0.5, 0.6) is 0 Å². The van der Waals surface area contributed by atoms with Crippen molar-refractivity contribution in [2.75, 3.05) is 32.7 Å². The standard InChI is InChI=1S/C16H19N4O2/c17-11-14-3-1-13(2-4-14)5-6-16(22)20-9-7-19(8-10-20)12-15(18)21/h1-4,6H,5,7-10,12H2,(H2,18,21). The van der Waals surface area contributed by atoms with Crippen molar-refractivity contribution in [2.45, 2.75) is 6.42 Å². The van der Waals surface area contributed by atoms with Crippen molar-refractivity contribution >= 4 is 11.8 Å². The lowest BCUT2D eigenvalue weighted by Gasteiger charge is -2.34. The molecule has 0 spiro atoms. The number of hydrogen-bond donors (Lipinski definition) is 1.